The quantitative estimate of drug-likeness (QED) is 0.389. The van der Waals surface area contributed by atoms with Crippen molar-refractivity contribution in [1.82, 2.24) is 0 Å². The second-order valence-electron chi connectivity index (χ2n) is 4.99. The van der Waals surface area contributed by atoms with Crippen LogP contribution < -0.4 is 0 Å². The van der Waals surface area contributed by atoms with E-state index in [-0.39, 0.29) is 0 Å². The Balaban J connectivity index is 0.000000547. The van der Waals surface area contributed by atoms with Crippen LogP contribution in [0.2, 0.25) is 0 Å². The Hall–Kier alpha value is -1.64. The fraction of sp³-hybridized carbons (Fsp3) is 0.556. The molecule has 1 aromatic rings. The van der Waals surface area contributed by atoms with E-state index in [2.05, 4.69) is 11.7 Å². The molecule has 0 fully saturated rings. The first kappa shape index (κ1) is 19.4. The van der Waals surface area contributed by atoms with Crippen molar-refractivity contribution < 1.29 is 14.3 Å². The number of hydrogen-bond acceptors (Lipinski definition) is 3. The molecule has 0 aliphatic rings. The topological polar surface area (TPSA) is 43.4 Å². The maximum absolute atomic E-state index is 10.9. The molecular weight excluding hydrogens is 264 g/mol. The largest absolute Gasteiger partial charge is 0.393 e. The zero-order valence-corrected chi connectivity index (χ0v) is 13.3. The van der Waals surface area contributed by atoms with Crippen LogP contribution in [0.5, 0.6) is 0 Å². The lowest BCUT2D eigenvalue weighted by molar-refractivity contribution is -0.158. The highest BCUT2D eigenvalue weighted by molar-refractivity contribution is 5.83. The van der Waals surface area contributed by atoms with Crippen LogP contribution in [0.3, 0.4) is 0 Å². The zero-order chi connectivity index (χ0) is 15.8. The standard InChI is InChI=1S/C12H22O3.C6H6/c1-3-4-5-6-7-8-9-10-12(14)15-11(2)13;1-2-4-6-5-3-1/h3-10H2,1-2H3;1-6H. The third kappa shape index (κ3) is 16.3. The molecule has 0 saturated carbocycles. The molecule has 0 spiro atoms. The van der Waals surface area contributed by atoms with Crippen molar-refractivity contribution in [2.75, 3.05) is 0 Å². The predicted molar refractivity (Wildman–Crippen MR) is 85.8 cm³/mol. The molecule has 3 nitrogen and oxygen atoms in total. The lowest BCUT2D eigenvalue weighted by Crippen LogP contribution is -2.08. The summed E-state index contributed by atoms with van der Waals surface area (Å²) in [4.78, 5) is 21.4. The summed E-state index contributed by atoms with van der Waals surface area (Å²) in [6.07, 6.45) is 8.51. The van der Waals surface area contributed by atoms with Gasteiger partial charge in [-0.05, 0) is 6.42 Å². The molecule has 1 aromatic carbocycles. The normalized spacial score (nSPS) is 9.43. The average Bonchev–Trinajstić information content (AvgIpc) is 2.48. The van der Waals surface area contributed by atoms with E-state index >= 15 is 0 Å². The minimum Gasteiger partial charge on any atom is -0.393 e. The molecule has 0 amide bonds. The van der Waals surface area contributed by atoms with Crippen molar-refractivity contribution >= 4 is 11.9 Å². The van der Waals surface area contributed by atoms with Crippen LogP contribution in [0.15, 0.2) is 36.4 Å². The summed E-state index contributed by atoms with van der Waals surface area (Å²) >= 11 is 0. The van der Waals surface area contributed by atoms with Crippen LogP contribution in [0, 0.1) is 0 Å². The maximum Gasteiger partial charge on any atom is 0.313 e. The molecular formula is C18H28O3. The molecule has 0 unspecified atom stereocenters. The molecule has 0 bridgehead atoms. The first-order chi connectivity index (χ1) is 10.2. The molecule has 21 heavy (non-hydrogen) atoms. The number of carbonyl (C=O) groups excluding carboxylic acids is 2. The van der Waals surface area contributed by atoms with Gasteiger partial charge in [0.15, 0.2) is 0 Å². The fourth-order valence-electron chi connectivity index (χ4n) is 1.82. The van der Waals surface area contributed by atoms with Gasteiger partial charge in [-0.3, -0.25) is 9.59 Å². The minimum absolute atomic E-state index is 0.368. The van der Waals surface area contributed by atoms with Gasteiger partial charge in [-0.2, -0.15) is 0 Å². The van der Waals surface area contributed by atoms with E-state index in [0.29, 0.717) is 6.42 Å². The molecule has 0 heterocycles. The molecule has 0 aliphatic heterocycles. The summed E-state index contributed by atoms with van der Waals surface area (Å²) < 4.78 is 4.42. The Kier molecular flexibility index (Phi) is 13.6. The summed E-state index contributed by atoms with van der Waals surface area (Å²) in [6, 6.07) is 12.0. The molecule has 0 N–H and O–H groups in total. The Morgan fingerprint density at radius 3 is 1.62 bits per heavy atom. The van der Waals surface area contributed by atoms with E-state index in [0.717, 1.165) is 12.8 Å². The van der Waals surface area contributed by atoms with Crippen molar-refractivity contribution in [3.05, 3.63) is 36.4 Å². The molecule has 0 atom stereocenters. The van der Waals surface area contributed by atoms with Crippen molar-refractivity contribution in [2.45, 2.75) is 65.2 Å². The monoisotopic (exact) mass is 292 g/mol. The lowest BCUT2D eigenvalue weighted by Gasteiger charge is -2.01. The van der Waals surface area contributed by atoms with E-state index in [9.17, 15) is 9.59 Å². The van der Waals surface area contributed by atoms with Gasteiger partial charge in [0, 0.05) is 13.3 Å². The van der Waals surface area contributed by atoms with Gasteiger partial charge in [0.25, 0.3) is 0 Å². The predicted octanol–water partition coefficient (Wildman–Crippen LogP) is 4.90. The zero-order valence-electron chi connectivity index (χ0n) is 13.3. The second-order valence-corrected chi connectivity index (χ2v) is 4.99. The smallest absolute Gasteiger partial charge is 0.313 e. The SMILES string of the molecule is CCCCCCCCCC(=O)OC(C)=O.c1ccccc1. The average molecular weight is 292 g/mol. The van der Waals surface area contributed by atoms with Crippen LogP contribution in [0.1, 0.15) is 65.2 Å². The van der Waals surface area contributed by atoms with Gasteiger partial charge >= 0.3 is 11.9 Å². The summed E-state index contributed by atoms with van der Waals surface area (Å²) in [5.41, 5.74) is 0. The lowest BCUT2D eigenvalue weighted by atomic mass is 10.1. The molecule has 3 heteroatoms. The summed E-state index contributed by atoms with van der Waals surface area (Å²) in [5, 5.41) is 0. The van der Waals surface area contributed by atoms with Crippen molar-refractivity contribution in [3.63, 3.8) is 0 Å². The Labute approximate surface area is 128 Å². The van der Waals surface area contributed by atoms with Crippen LogP contribution in [-0.4, -0.2) is 11.9 Å². The van der Waals surface area contributed by atoms with Gasteiger partial charge < -0.3 is 4.74 Å². The van der Waals surface area contributed by atoms with E-state index < -0.39 is 11.9 Å². The van der Waals surface area contributed by atoms with Gasteiger partial charge in [-0.1, -0.05) is 81.8 Å². The molecule has 0 aromatic heterocycles. The van der Waals surface area contributed by atoms with E-state index in [1.807, 2.05) is 36.4 Å². The van der Waals surface area contributed by atoms with E-state index in [1.165, 1.54) is 39.0 Å². The highest BCUT2D eigenvalue weighted by atomic mass is 16.6. The number of rotatable bonds is 8. The van der Waals surface area contributed by atoms with Gasteiger partial charge in [-0.15, -0.1) is 0 Å². The molecule has 118 valence electrons. The summed E-state index contributed by atoms with van der Waals surface area (Å²) in [6.45, 7) is 3.44. The summed E-state index contributed by atoms with van der Waals surface area (Å²) in [5.74, 6) is -0.904. The van der Waals surface area contributed by atoms with Crippen molar-refractivity contribution in [2.24, 2.45) is 0 Å². The molecule has 0 saturated heterocycles. The number of ether oxygens (including phenoxy) is 1. The maximum atomic E-state index is 10.9. The van der Waals surface area contributed by atoms with E-state index in [1.54, 1.807) is 0 Å². The number of unbranched alkanes of at least 4 members (excludes halogenated alkanes) is 6. The van der Waals surface area contributed by atoms with Gasteiger partial charge in [0.1, 0.15) is 0 Å². The van der Waals surface area contributed by atoms with Gasteiger partial charge in [-0.25, -0.2) is 0 Å². The number of hydrogen-bond donors (Lipinski definition) is 0. The number of esters is 2. The first-order valence-electron chi connectivity index (χ1n) is 7.88. The Morgan fingerprint density at radius 1 is 0.762 bits per heavy atom. The highest BCUT2D eigenvalue weighted by Crippen LogP contribution is 2.08. The molecule has 1 rings (SSSR count). The van der Waals surface area contributed by atoms with E-state index in [4.69, 9.17) is 0 Å². The number of carbonyl (C=O) groups is 2. The van der Waals surface area contributed by atoms with Crippen molar-refractivity contribution in [3.8, 4) is 0 Å². The first-order valence-corrected chi connectivity index (χ1v) is 7.88. The van der Waals surface area contributed by atoms with Crippen LogP contribution in [0.25, 0.3) is 0 Å². The third-order valence-corrected chi connectivity index (χ3v) is 2.91. The highest BCUT2D eigenvalue weighted by Gasteiger charge is 2.04. The molecule has 0 radical (unpaired) electrons. The van der Waals surface area contributed by atoms with Crippen molar-refractivity contribution in [1.29, 1.82) is 0 Å². The Bertz CT molecular complexity index is 333. The van der Waals surface area contributed by atoms with Gasteiger partial charge in [0.2, 0.25) is 0 Å². The number of benzene rings is 1. The molecule has 0 aliphatic carbocycles. The van der Waals surface area contributed by atoms with Crippen LogP contribution in [0.4, 0.5) is 0 Å². The second kappa shape index (κ2) is 14.8. The van der Waals surface area contributed by atoms with Crippen LogP contribution in [-0.2, 0) is 14.3 Å². The Morgan fingerprint density at radius 2 is 1.19 bits per heavy atom. The summed E-state index contributed by atoms with van der Waals surface area (Å²) in [7, 11) is 0. The fourth-order valence-corrected chi connectivity index (χ4v) is 1.82. The third-order valence-electron chi connectivity index (χ3n) is 2.91. The van der Waals surface area contributed by atoms with Gasteiger partial charge in [0.05, 0.1) is 0 Å². The van der Waals surface area contributed by atoms with Crippen LogP contribution >= 0.6 is 0 Å². The minimum atomic E-state index is -0.511.